The van der Waals surface area contributed by atoms with Crippen molar-refractivity contribution >= 4 is 72.5 Å². The second-order valence-corrected chi connectivity index (χ2v) is 10.8. The van der Waals surface area contributed by atoms with Gasteiger partial charge in [0.2, 0.25) is 0 Å². The van der Waals surface area contributed by atoms with Gasteiger partial charge in [-0.1, -0.05) is 68.8 Å². The molecule has 0 radical (unpaired) electrons. The van der Waals surface area contributed by atoms with Gasteiger partial charge >= 0.3 is 10.8 Å². The summed E-state index contributed by atoms with van der Waals surface area (Å²) >= 11 is 16.1. The summed E-state index contributed by atoms with van der Waals surface area (Å²) in [5, 5.41) is 1.11. The molecule has 0 saturated carbocycles. The number of thiazole rings is 1. The summed E-state index contributed by atoms with van der Waals surface area (Å²) in [6.45, 7) is 0. The topological polar surface area (TPSA) is 59.2 Å². The molecule has 0 saturated heterocycles. The highest BCUT2D eigenvalue weighted by molar-refractivity contribution is 9.11. The van der Waals surface area contributed by atoms with Crippen LogP contribution in [0.15, 0.2) is 55.2 Å². The number of thioether (sulfide) groups is 1. The van der Waals surface area contributed by atoms with Gasteiger partial charge in [-0.2, -0.15) is 0 Å². The molecule has 2 aliphatic heterocycles. The lowest BCUT2D eigenvalue weighted by Gasteiger charge is -2.40. The van der Waals surface area contributed by atoms with Crippen LogP contribution in [-0.4, -0.2) is 11.0 Å². The number of esters is 1. The molecule has 4 nitrogen and oxygen atoms in total. The Balaban J connectivity index is 1.78. The van der Waals surface area contributed by atoms with Crippen LogP contribution in [0, 0.1) is 5.92 Å². The molecule has 9 heteroatoms. The summed E-state index contributed by atoms with van der Waals surface area (Å²) in [7, 11) is 0. The summed E-state index contributed by atoms with van der Waals surface area (Å²) in [5.41, 5.74) is 1.73. The average Bonchev–Trinajstić information content (AvgIpc) is 3.02. The summed E-state index contributed by atoms with van der Waals surface area (Å²) in [5.74, 6) is -0.584. The molecule has 0 unspecified atom stereocenters. The van der Waals surface area contributed by atoms with E-state index < -0.39 is 5.92 Å². The molecule has 1 N–H and O–H groups in total. The van der Waals surface area contributed by atoms with Crippen LogP contribution in [0.5, 0.6) is 5.75 Å². The second kappa shape index (κ2) is 7.02. The summed E-state index contributed by atoms with van der Waals surface area (Å²) in [4.78, 5) is 29.0. The molecule has 0 bridgehead atoms. The SMILES string of the molecule is O=C1Oc2c(Br)cc(Br)cc2[C@@H]2c3sc(=O)[nH]c3S[C@@H](c3ccccc3Cl)[C@@H]12. The van der Waals surface area contributed by atoms with E-state index in [2.05, 4.69) is 36.8 Å². The fourth-order valence-electron chi connectivity index (χ4n) is 3.80. The van der Waals surface area contributed by atoms with E-state index in [0.29, 0.717) is 15.2 Å². The van der Waals surface area contributed by atoms with Crippen molar-refractivity contribution in [2.45, 2.75) is 16.2 Å². The maximum absolute atomic E-state index is 13.1. The van der Waals surface area contributed by atoms with Gasteiger partial charge < -0.3 is 9.72 Å². The molecule has 5 rings (SSSR count). The Kier molecular flexibility index (Phi) is 4.75. The maximum Gasteiger partial charge on any atom is 0.316 e. The molecule has 0 spiro atoms. The van der Waals surface area contributed by atoms with Gasteiger partial charge in [0.1, 0.15) is 5.75 Å². The summed E-state index contributed by atoms with van der Waals surface area (Å²) in [6.07, 6.45) is 0. The number of benzene rings is 2. The number of aromatic amines is 1. The number of nitrogens with one attached hydrogen (secondary N) is 1. The molecular weight excluding hydrogens is 550 g/mol. The lowest BCUT2D eigenvalue weighted by molar-refractivity contribution is -0.141. The van der Waals surface area contributed by atoms with E-state index in [0.717, 1.165) is 36.8 Å². The molecule has 28 heavy (non-hydrogen) atoms. The third kappa shape index (κ3) is 2.92. The van der Waals surface area contributed by atoms with Crippen LogP contribution < -0.4 is 9.61 Å². The van der Waals surface area contributed by atoms with Crippen LogP contribution in [-0.2, 0) is 4.79 Å². The zero-order chi connectivity index (χ0) is 19.6. The Hall–Kier alpha value is -1.06. The highest BCUT2D eigenvalue weighted by Gasteiger charge is 2.50. The Morgan fingerprint density at radius 3 is 2.68 bits per heavy atom. The minimum atomic E-state index is -0.488. The van der Waals surface area contributed by atoms with Crippen LogP contribution in [0.1, 0.15) is 27.2 Å². The molecule has 2 aromatic carbocycles. The first-order chi connectivity index (χ1) is 13.4. The Morgan fingerprint density at radius 2 is 1.89 bits per heavy atom. The Bertz CT molecular complexity index is 1190. The summed E-state index contributed by atoms with van der Waals surface area (Å²) in [6, 6.07) is 11.3. The number of ether oxygens (including phenoxy) is 1. The second-order valence-electron chi connectivity index (χ2n) is 6.50. The van der Waals surface area contributed by atoms with Crippen molar-refractivity contribution < 1.29 is 9.53 Å². The molecule has 1 aromatic heterocycles. The van der Waals surface area contributed by atoms with E-state index in [1.165, 1.54) is 11.8 Å². The quantitative estimate of drug-likeness (QED) is 0.288. The molecule has 3 heterocycles. The molecule has 3 atom stereocenters. The largest absolute Gasteiger partial charge is 0.425 e. The first kappa shape index (κ1) is 18.9. The Labute approximate surface area is 189 Å². The van der Waals surface area contributed by atoms with E-state index in [1.807, 2.05) is 36.4 Å². The average molecular weight is 560 g/mol. The number of aromatic nitrogens is 1. The molecule has 3 aromatic rings. The van der Waals surface area contributed by atoms with E-state index >= 15 is 0 Å². The first-order valence-electron chi connectivity index (χ1n) is 8.28. The van der Waals surface area contributed by atoms with Crippen molar-refractivity contribution in [1.29, 1.82) is 0 Å². The van der Waals surface area contributed by atoms with E-state index in [4.69, 9.17) is 16.3 Å². The van der Waals surface area contributed by atoms with Gasteiger partial charge in [0.15, 0.2) is 0 Å². The van der Waals surface area contributed by atoms with Crippen molar-refractivity contribution in [1.82, 2.24) is 4.98 Å². The number of carbonyl (C=O) groups excluding carboxylic acids is 1. The maximum atomic E-state index is 13.1. The minimum Gasteiger partial charge on any atom is -0.425 e. The highest BCUT2D eigenvalue weighted by atomic mass is 79.9. The van der Waals surface area contributed by atoms with Crippen LogP contribution in [0.25, 0.3) is 0 Å². The van der Waals surface area contributed by atoms with Gasteiger partial charge in [-0.15, -0.1) is 0 Å². The fraction of sp³-hybridized carbons (Fsp3) is 0.158. The normalized spacial score (nSPS) is 22.8. The molecule has 2 aliphatic rings. The molecule has 0 fully saturated rings. The van der Waals surface area contributed by atoms with E-state index in [1.54, 1.807) is 0 Å². The predicted molar refractivity (Wildman–Crippen MR) is 118 cm³/mol. The lowest BCUT2D eigenvalue weighted by Crippen LogP contribution is -2.37. The summed E-state index contributed by atoms with van der Waals surface area (Å²) < 4.78 is 7.32. The highest BCUT2D eigenvalue weighted by Crippen LogP contribution is 2.60. The number of hydrogen-bond acceptors (Lipinski definition) is 5. The number of halogens is 3. The van der Waals surface area contributed by atoms with Crippen molar-refractivity contribution in [2.75, 3.05) is 0 Å². The van der Waals surface area contributed by atoms with Gasteiger partial charge in [0, 0.05) is 25.9 Å². The standard InChI is InChI=1S/C19H10Br2ClNO3S2/c20-7-5-9-12-13(18(24)26-14(9)10(21)6-7)15(8-3-1-2-4-11(8)22)27-17-16(12)28-19(25)23-17/h1-6,12-13,15H,(H,23,25)/t12-,13-,15-/m0/s1. The van der Waals surface area contributed by atoms with Gasteiger partial charge in [-0.3, -0.25) is 9.59 Å². The predicted octanol–water partition coefficient (Wildman–Crippen LogP) is 6.13. The molecule has 0 aliphatic carbocycles. The lowest BCUT2D eigenvalue weighted by atomic mass is 9.78. The van der Waals surface area contributed by atoms with Crippen molar-refractivity contribution in [3.63, 3.8) is 0 Å². The number of fused-ring (bicyclic) bond motifs is 5. The van der Waals surface area contributed by atoms with Gasteiger partial charge in [-0.25, -0.2) is 0 Å². The van der Waals surface area contributed by atoms with Gasteiger partial charge in [0.05, 0.1) is 20.7 Å². The van der Waals surface area contributed by atoms with Crippen LogP contribution in [0.2, 0.25) is 5.02 Å². The van der Waals surface area contributed by atoms with E-state index in [-0.39, 0.29) is 22.0 Å². The smallest absolute Gasteiger partial charge is 0.316 e. The van der Waals surface area contributed by atoms with Crippen molar-refractivity contribution in [3.8, 4) is 5.75 Å². The van der Waals surface area contributed by atoms with Crippen molar-refractivity contribution in [3.05, 3.63) is 76.0 Å². The van der Waals surface area contributed by atoms with Gasteiger partial charge in [-0.05, 0) is 39.7 Å². The Morgan fingerprint density at radius 1 is 1.11 bits per heavy atom. The zero-order valence-corrected chi connectivity index (χ0v) is 19.4. The third-order valence-electron chi connectivity index (χ3n) is 4.91. The minimum absolute atomic E-state index is 0.134. The third-order valence-corrected chi connectivity index (χ3v) is 8.76. The number of rotatable bonds is 1. The number of carbonyl (C=O) groups is 1. The monoisotopic (exact) mass is 557 g/mol. The van der Waals surface area contributed by atoms with Crippen LogP contribution in [0.4, 0.5) is 0 Å². The molecule has 142 valence electrons. The number of hydrogen-bond donors (Lipinski definition) is 1. The van der Waals surface area contributed by atoms with E-state index in [9.17, 15) is 9.59 Å². The van der Waals surface area contributed by atoms with Crippen molar-refractivity contribution in [2.24, 2.45) is 5.92 Å². The zero-order valence-electron chi connectivity index (χ0n) is 13.9. The number of H-pyrrole nitrogens is 1. The molecular formula is C19H10Br2ClNO3S2. The van der Waals surface area contributed by atoms with Gasteiger partial charge in [0.25, 0.3) is 0 Å². The fourth-order valence-corrected chi connectivity index (χ4v) is 8.09. The van der Waals surface area contributed by atoms with Crippen LogP contribution >= 0.6 is 66.6 Å². The van der Waals surface area contributed by atoms with Crippen LogP contribution in [0.3, 0.4) is 0 Å². The first-order valence-corrected chi connectivity index (χ1v) is 11.9. The molecule has 0 amide bonds.